The molecule has 1 aliphatic heterocycles. The fourth-order valence-corrected chi connectivity index (χ4v) is 2.68. The molecule has 0 unspecified atom stereocenters. The van der Waals surface area contributed by atoms with Gasteiger partial charge in [-0.1, -0.05) is 29.8 Å². The van der Waals surface area contributed by atoms with Gasteiger partial charge in [-0.3, -0.25) is 0 Å². The van der Waals surface area contributed by atoms with Crippen molar-refractivity contribution in [2.45, 2.75) is 19.9 Å². The van der Waals surface area contributed by atoms with Gasteiger partial charge in [0.05, 0.1) is 5.56 Å². The lowest BCUT2D eigenvalue weighted by Gasteiger charge is -2.19. The SMILES string of the molecule is Cc1ccc(CN2CCc3cc(C(=O)O)ccc32)cc1. The summed E-state index contributed by atoms with van der Waals surface area (Å²) in [6, 6.07) is 14.0. The highest BCUT2D eigenvalue weighted by Gasteiger charge is 2.20. The number of aryl methyl sites for hydroxylation is 1. The van der Waals surface area contributed by atoms with Gasteiger partial charge in [-0.15, -0.1) is 0 Å². The molecule has 0 radical (unpaired) electrons. The van der Waals surface area contributed by atoms with Gasteiger partial charge in [-0.2, -0.15) is 0 Å². The fraction of sp³-hybridized carbons (Fsp3) is 0.235. The van der Waals surface area contributed by atoms with Gasteiger partial charge in [-0.05, 0) is 42.7 Å². The number of benzene rings is 2. The van der Waals surface area contributed by atoms with E-state index in [9.17, 15) is 4.79 Å². The van der Waals surface area contributed by atoms with E-state index in [-0.39, 0.29) is 0 Å². The Labute approximate surface area is 118 Å². The van der Waals surface area contributed by atoms with E-state index in [1.807, 2.05) is 6.07 Å². The van der Waals surface area contributed by atoms with Crippen LogP contribution in [-0.4, -0.2) is 17.6 Å². The average Bonchev–Trinajstić information content (AvgIpc) is 2.84. The third-order valence-electron chi connectivity index (χ3n) is 3.81. The van der Waals surface area contributed by atoms with Gasteiger partial charge in [0.15, 0.2) is 0 Å². The van der Waals surface area contributed by atoms with Gasteiger partial charge >= 0.3 is 5.97 Å². The molecule has 0 atom stereocenters. The molecule has 3 nitrogen and oxygen atoms in total. The number of carbonyl (C=O) groups is 1. The number of nitrogens with zero attached hydrogens (tertiary/aromatic N) is 1. The first-order valence-electron chi connectivity index (χ1n) is 6.80. The van der Waals surface area contributed by atoms with E-state index in [0.717, 1.165) is 30.8 Å². The molecule has 0 aromatic heterocycles. The van der Waals surface area contributed by atoms with Gasteiger partial charge in [0.1, 0.15) is 0 Å². The van der Waals surface area contributed by atoms with Gasteiger partial charge < -0.3 is 10.0 Å². The van der Waals surface area contributed by atoms with Crippen LogP contribution in [0.1, 0.15) is 27.0 Å². The van der Waals surface area contributed by atoms with Gasteiger partial charge in [0.25, 0.3) is 0 Å². The van der Waals surface area contributed by atoms with E-state index in [1.165, 1.54) is 11.1 Å². The predicted octanol–water partition coefficient (Wildman–Crippen LogP) is 3.26. The van der Waals surface area contributed by atoms with Crippen LogP contribution in [0, 0.1) is 6.92 Å². The molecule has 0 fully saturated rings. The molecule has 3 heteroatoms. The molecule has 1 N–H and O–H groups in total. The summed E-state index contributed by atoms with van der Waals surface area (Å²) in [5, 5.41) is 9.03. The molecule has 0 saturated heterocycles. The molecule has 20 heavy (non-hydrogen) atoms. The Kier molecular flexibility index (Phi) is 3.18. The fourth-order valence-electron chi connectivity index (χ4n) is 2.68. The quantitative estimate of drug-likeness (QED) is 0.928. The van der Waals surface area contributed by atoms with Crippen LogP contribution >= 0.6 is 0 Å². The number of hydrogen-bond donors (Lipinski definition) is 1. The molecule has 0 bridgehead atoms. The highest BCUT2D eigenvalue weighted by Crippen LogP contribution is 2.30. The number of fused-ring (bicyclic) bond motifs is 1. The first kappa shape index (κ1) is 12.7. The maximum Gasteiger partial charge on any atom is 0.335 e. The van der Waals surface area contributed by atoms with Crippen molar-refractivity contribution in [3.05, 3.63) is 64.7 Å². The average molecular weight is 267 g/mol. The summed E-state index contributed by atoms with van der Waals surface area (Å²) < 4.78 is 0. The van der Waals surface area contributed by atoms with Crippen molar-refractivity contribution in [1.29, 1.82) is 0 Å². The van der Waals surface area contributed by atoms with Crippen molar-refractivity contribution < 1.29 is 9.90 Å². The monoisotopic (exact) mass is 267 g/mol. The van der Waals surface area contributed by atoms with Crippen molar-refractivity contribution in [2.24, 2.45) is 0 Å². The van der Waals surface area contributed by atoms with E-state index in [2.05, 4.69) is 36.1 Å². The van der Waals surface area contributed by atoms with Crippen molar-refractivity contribution in [1.82, 2.24) is 0 Å². The van der Waals surface area contributed by atoms with Crippen LogP contribution in [0.2, 0.25) is 0 Å². The Morgan fingerprint density at radius 1 is 1.20 bits per heavy atom. The second-order valence-corrected chi connectivity index (χ2v) is 5.31. The zero-order valence-electron chi connectivity index (χ0n) is 11.5. The molecule has 0 amide bonds. The maximum atomic E-state index is 11.0. The molecule has 0 saturated carbocycles. The third-order valence-corrected chi connectivity index (χ3v) is 3.81. The molecule has 0 aliphatic carbocycles. The van der Waals surface area contributed by atoms with E-state index in [1.54, 1.807) is 12.1 Å². The number of carboxylic acid groups (broad SMARTS) is 1. The van der Waals surface area contributed by atoms with Crippen molar-refractivity contribution in [2.75, 3.05) is 11.4 Å². The number of aromatic carboxylic acids is 1. The summed E-state index contributed by atoms with van der Waals surface area (Å²) in [5.74, 6) is -0.857. The summed E-state index contributed by atoms with van der Waals surface area (Å²) in [6.45, 7) is 3.91. The second kappa shape index (κ2) is 5.00. The molecule has 2 aromatic carbocycles. The Hall–Kier alpha value is -2.29. The van der Waals surface area contributed by atoms with Crippen molar-refractivity contribution in [3.8, 4) is 0 Å². The second-order valence-electron chi connectivity index (χ2n) is 5.31. The number of anilines is 1. The minimum atomic E-state index is -0.857. The number of carboxylic acids is 1. The van der Waals surface area contributed by atoms with E-state index < -0.39 is 5.97 Å². The molecule has 102 valence electrons. The Bertz CT molecular complexity index is 647. The van der Waals surface area contributed by atoms with Gasteiger partial charge in [-0.25, -0.2) is 4.79 Å². The Balaban J connectivity index is 1.82. The maximum absolute atomic E-state index is 11.0. The van der Waals surface area contributed by atoms with E-state index >= 15 is 0 Å². The lowest BCUT2D eigenvalue weighted by Crippen LogP contribution is -2.19. The molecule has 2 aromatic rings. The molecule has 1 heterocycles. The van der Waals surface area contributed by atoms with Crippen molar-refractivity contribution >= 4 is 11.7 Å². The molecular weight excluding hydrogens is 250 g/mol. The zero-order chi connectivity index (χ0) is 14.1. The number of hydrogen-bond acceptors (Lipinski definition) is 2. The summed E-state index contributed by atoms with van der Waals surface area (Å²) in [4.78, 5) is 13.3. The van der Waals surface area contributed by atoms with Gasteiger partial charge in [0.2, 0.25) is 0 Å². The van der Waals surface area contributed by atoms with Crippen molar-refractivity contribution in [3.63, 3.8) is 0 Å². The predicted molar refractivity (Wildman–Crippen MR) is 79.3 cm³/mol. The highest BCUT2D eigenvalue weighted by atomic mass is 16.4. The molecule has 1 aliphatic rings. The van der Waals surface area contributed by atoms with Crippen LogP contribution < -0.4 is 4.90 Å². The number of rotatable bonds is 3. The zero-order valence-corrected chi connectivity index (χ0v) is 11.5. The first-order valence-corrected chi connectivity index (χ1v) is 6.80. The summed E-state index contributed by atoms with van der Waals surface area (Å²) >= 11 is 0. The Morgan fingerprint density at radius 3 is 2.65 bits per heavy atom. The van der Waals surface area contributed by atoms with Crippen LogP contribution in [0.4, 0.5) is 5.69 Å². The molecule has 3 rings (SSSR count). The van der Waals surface area contributed by atoms with E-state index in [4.69, 9.17) is 5.11 Å². The van der Waals surface area contributed by atoms with Crippen LogP contribution in [0.15, 0.2) is 42.5 Å². The van der Waals surface area contributed by atoms with Crippen LogP contribution in [0.25, 0.3) is 0 Å². The normalized spacial score (nSPS) is 13.3. The Morgan fingerprint density at radius 2 is 1.95 bits per heavy atom. The summed E-state index contributed by atoms with van der Waals surface area (Å²) in [7, 11) is 0. The van der Waals surface area contributed by atoms with Crippen LogP contribution in [0.3, 0.4) is 0 Å². The minimum absolute atomic E-state index is 0.376. The van der Waals surface area contributed by atoms with Crippen LogP contribution in [0.5, 0.6) is 0 Å². The third kappa shape index (κ3) is 2.39. The summed E-state index contributed by atoms with van der Waals surface area (Å²) in [6.07, 6.45) is 0.919. The highest BCUT2D eigenvalue weighted by molar-refractivity contribution is 5.88. The first-order chi connectivity index (χ1) is 9.63. The van der Waals surface area contributed by atoms with Crippen LogP contribution in [-0.2, 0) is 13.0 Å². The smallest absolute Gasteiger partial charge is 0.335 e. The molecule has 0 spiro atoms. The minimum Gasteiger partial charge on any atom is -0.478 e. The lowest BCUT2D eigenvalue weighted by molar-refractivity contribution is 0.0697. The van der Waals surface area contributed by atoms with E-state index in [0.29, 0.717) is 5.56 Å². The lowest BCUT2D eigenvalue weighted by atomic mass is 10.1. The van der Waals surface area contributed by atoms with Gasteiger partial charge in [0, 0.05) is 18.8 Å². The topological polar surface area (TPSA) is 40.5 Å². The molecular formula is C17H17NO2. The largest absolute Gasteiger partial charge is 0.478 e. The summed E-state index contributed by atoms with van der Waals surface area (Å²) in [5.41, 5.74) is 5.22. The standard InChI is InChI=1S/C17H17NO2/c1-12-2-4-13(5-3-12)11-18-9-8-14-10-15(17(19)20)6-7-16(14)18/h2-7,10H,8-9,11H2,1H3,(H,19,20).